The number of carbonyl (C=O) groups excluding carboxylic acids is 3. The van der Waals surface area contributed by atoms with E-state index in [1.807, 2.05) is 44.2 Å². The monoisotopic (exact) mass is 458 g/mol. The topological polar surface area (TPSA) is 84.9 Å². The number of anilines is 1. The van der Waals surface area contributed by atoms with Gasteiger partial charge in [-0.15, -0.1) is 0 Å². The van der Waals surface area contributed by atoms with Crippen LogP contribution in [0.15, 0.2) is 72.8 Å². The molecular weight excluding hydrogens is 432 g/mol. The fourth-order valence-corrected chi connectivity index (χ4v) is 3.98. The molecule has 3 aromatic rings. The summed E-state index contributed by atoms with van der Waals surface area (Å²) < 4.78 is 11.2. The molecule has 1 atom stereocenters. The molecule has 4 rings (SSSR count). The van der Waals surface area contributed by atoms with Gasteiger partial charge in [0, 0.05) is 18.2 Å². The minimum Gasteiger partial charge on any atom is -0.490 e. The Bertz CT molecular complexity index is 1170. The number of carbonyl (C=O) groups is 3. The highest BCUT2D eigenvalue weighted by atomic mass is 16.5. The third-order valence-corrected chi connectivity index (χ3v) is 5.52. The first-order valence-corrected chi connectivity index (χ1v) is 11.2. The van der Waals surface area contributed by atoms with Gasteiger partial charge in [0.15, 0.2) is 11.5 Å². The average Bonchev–Trinajstić information content (AvgIpc) is 3.10. The van der Waals surface area contributed by atoms with E-state index in [1.54, 1.807) is 42.5 Å². The second-order valence-electron chi connectivity index (χ2n) is 7.75. The molecule has 1 aliphatic heterocycles. The van der Waals surface area contributed by atoms with Crippen LogP contribution in [-0.2, 0) is 11.2 Å². The maximum Gasteiger partial charge on any atom is 0.262 e. The molecule has 34 heavy (non-hydrogen) atoms. The van der Waals surface area contributed by atoms with Crippen molar-refractivity contribution < 1.29 is 23.9 Å². The summed E-state index contributed by atoms with van der Waals surface area (Å²) in [6.45, 7) is 4.65. The van der Waals surface area contributed by atoms with E-state index < -0.39 is 23.8 Å². The van der Waals surface area contributed by atoms with Crippen LogP contribution in [0.3, 0.4) is 0 Å². The fourth-order valence-electron chi connectivity index (χ4n) is 3.98. The van der Waals surface area contributed by atoms with Gasteiger partial charge in [-0.1, -0.05) is 42.5 Å². The van der Waals surface area contributed by atoms with Gasteiger partial charge in [-0.25, -0.2) is 0 Å². The summed E-state index contributed by atoms with van der Waals surface area (Å²) in [4.78, 5) is 40.8. The molecule has 0 radical (unpaired) electrons. The third-order valence-electron chi connectivity index (χ3n) is 5.52. The molecule has 7 nitrogen and oxygen atoms in total. The van der Waals surface area contributed by atoms with E-state index in [9.17, 15) is 14.4 Å². The van der Waals surface area contributed by atoms with Crippen molar-refractivity contribution >= 4 is 23.4 Å². The van der Waals surface area contributed by atoms with Crippen molar-refractivity contribution in [2.75, 3.05) is 18.5 Å². The average molecular weight is 459 g/mol. The highest BCUT2D eigenvalue weighted by Crippen LogP contribution is 2.31. The number of hydrogen-bond acceptors (Lipinski definition) is 5. The Morgan fingerprint density at radius 2 is 1.41 bits per heavy atom. The summed E-state index contributed by atoms with van der Waals surface area (Å²) in [6.07, 6.45) is 0.188. The Balaban J connectivity index is 1.65. The maximum atomic E-state index is 13.5. The normalized spacial score (nSPS) is 13.4. The molecule has 7 heteroatoms. The van der Waals surface area contributed by atoms with Gasteiger partial charge in [-0.3, -0.25) is 19.3 Å². The van der Waals surface area contributed by atoms with Crippen LogP contribution in [0.2, 0.25) is 0 Å². The molecular formula is C27H26N2O5. The Kier molecular flexibility index (Phi) is 6.92. The van der Waals surface area contributed by atoms with Gasteiger partial charge in [-0.2, -0.15) is 0 Å². The summed E-state index contributed by atoms with van der Waals surface area (Å²) in [7, 11) is 0. The lowest BCUT2D eigenvalue weighted by atomic mass is 10.0. The largest absolute Gasteiger partial charge is 0.490 e. The Morgan fingerprint density at radius 3 is 2.03 bits per heavy atom. The summed E-state index contributed by atoms with van der Waals surface area (Å²) >= 11 is 0. The first-order chi connectivity index (χ1) is 16.5. The van der Waals surface area contributed by atoms with E-state index in [1.165, 1.54) is 0 Å². The van der Waals surface area contributed by atoms with Crippen molar-refractivity contribution in [1.29, 1.82) is 0 Å². The predicted octanol–water partition coefficient (Wildman–Crippen LogP) is 4.33. The minimum absolute atomic E-state index is 0.188. The lowest BCUT2D eigenvalue weighted by Gasteiger charge is -2.26. The van der Waals surface area contributed by atoms with Crippen molar-refractivity contribution in [3.8, 4) is 11.5 Å². The molecule has 1 N–H and O–H groups in total. The smallest absolute Gasteiger partial charge is 0.262 e. The number of benzene rings is 3. The SMILES string of the molecule is CCOc1ccc(NC(=O)C(Cc2ccccc2)N2C(=O)c3ccccc3C2=O)cc1OCC. The number of rotatable bonds is 9. The zero-order valence-corrected chi connectivity index (χ0v) is 19.1. The van der Waals surface area contributed by atoms with Gasteiger partial charge in [-0.05, 0) is 43.7 Å². The standard InChI is InChI=1S/C27H26N2O5/c1-3-33-23-15-14-19(17-24(23)34-4-2)28-25(30)22(16-18-10-6-5-7-11-18)29-26(31)20-12-8-9-13-21(20)27(29)32/h5-15,17,22H,3-4,16H2,1-2H3,(H,28,30). The van der Waals surface area contributed by atoms with Gasteiger partial charge < -0.3 is 14.8 Å². The molecule has 0 aromatic heterocycles. The molecule has 174 valence electrons. The fraction of sp³-hybridized carbons (Fsp3) is 0.222. The Morgan fingerprint density at radius 1 is 0.824 bits per heavy atom. The molecule has 3 amide bonds. The second kappa shape index (κ2) is 10.2. The van der Waals surface area contributed by atoms with Crippen LogP contribution in [0.5, 0.6) is 11.5 Å². The zero-order valence-electron chi connectivity index (χ0n) is 19.1. The number of ether oxygens (including phenoxy) is 2. The van der Waals surface area contributed by atoms with Crippen LogP contribution < -0.4 is 14.8 Å². The van der Waals surface area contributed by atoms with Gasteiger partial charge in [0.1, 0.15) is 6.04 Å². The lowest BCUT2D eigenvalue weighted by molar-refractivity contribution is -0.119. The summed E-state index contributed by atoms with van der Waals surface area (Å²) in [5.41, 5.74) is 1.92. The van der Waals surface area contributed by atoms with E-state index in [0.717, 1.165) is 10.5 Å². The van der Waals surface area contributed by atoms with Gasteiger partial charge in [0.2, 0.25) is 5.91 Å². The zero-order chi connectivity index (χ0) is 24.1. The predicted molar refractivity (Wildman–Crippen MR) is 128 cm³/mol. The molecule has 1 heterocycles. The maximum absolute atomic E-state index is 13.5. The van der Waals surface area contributed by atoms with Crippen LogP contribution in [0, 0.1) is 0 Å². The first kappa shape index (κ1) is 23.0. The van der Waals surface area contributed by atoms with E-state index in [0.29, 0.717) is 41.5 Å². The van der Waals surface area contributed by atoms with E-state index in [4.69, 9.17) is 9.47 Å². The van der Waals surface area contributed by atoms with Crippen LogP contribution in [0.25, 0.3) is 0 Å². The van der Waals surface area contributed by atoms with E-state index in [-0.39, 0.29) is 6.42 Å². The van der Waals surface area contributed by atoms with E-state index in [2.05, 4.69) is 5.32 Å². The molecule has 3 aromatic carbocycles. The lowest BCUT2D eigenvalue weighted by Crippen LogP contribution is -2.48. The summed E-state index contributed by atoms with van der Waals surface area (Å²) in [6, 6.07) is 20.0. The van der Waals surface area contributed by atoms with Crippen molar-refractivity contribution in [1.82, 2.24) is 4.90 Å². The molecule has 1 unspecified atom stereocenters. The van der Waals surface area contributed by atoms with Gasteiger partial charge in [0.25, 0.3) is 11.8 Å². The number of fused-ring (bicyclic) bond motifs is 1. The highest BCUT2D eigenvalue weighted by Gasteiger charge is 2.42. The second-order valence-corrected chi connectivity index (χ2v) is 7.75. The Labute approximate surface area is 198 Å². The highest BCUT2D eigenvalue weighted by molar-refractivity contribution is 6.23. The van der Waals surface area contributed by atoms with Gasteiger partial charge >= 0.3 is 0 Å². The molecule has 0 spiro atoms. The molecule has 0 saturated carbocycles. The number of imide groups is 1. The minimum atomic E-state index is -1.03. The van der Waals surface area contributed by atoms with Crippen LogP contribution >= 0.6 is 0 Å². The third kappa shape index (κ3) is 4.64. The van der Waals surface area contributed by atoms with Gasteiger partial charge in [0.05, 0.1) is 24.3 Å². The number of hydrogen-bond donors (Lipinski definition) is 1. The van der Waals surface area contributed by atoms with Crippen molar-refractivity contribution in [2.45, 2.75) is 26.3 Å². The molecule has 0 fully saturated rings. The number of nitrogens with one attached hydrogen (secondary N) is 1. The van der Waals surface area contributed by atoms with Crippen molar-refractivity contribution in [3.63, 3.8) is 0 Å². The molecule has 1 aliphatic rings. The Hall–Kier alpha value is -4.13. The molecule has 0 aliphatic carbocycles. The van der Waals surface area contributed by atoms with Crippen molar-refractivity contribution in [2.24, 2.45) is 0 Å². The summed E-state index contributed by atoms with van der Waals surface area (Å²) in [5.74, 6) is -0.340. The number of amides is 3. The van der Waals surface area contributed by atoms with Crippen LogP contribution in [0.4, 0.5) is 5.69 Å². The van der Waals surface area contributed by atoms with E-state index >= 15 is 0 Å². The summed E-state index contributed by atoms with van der Waals surface area (Å²) in [5, 5.41) is 2.85. The van der Waals surface area contributed by atoms with Crippen LogP contribution in [-0.4, -0.2) is 41.9 Å². The molecule has 0 bridgehead atoms. The van der Waals surface area contributed by atoms with Crippen LogP contribution in [0.1, 0.15) is 40.1 Å². The quantitative estimate of drug-likeness (QED) is 0.483. The number of nitrogens with zero attached hydrogens (tertiary/aromatic N) is 1. The first-order valence-electron chi connectivity index (χ1n) is 11.2. The van der Waals surface area contributed by atoms with Crippen molar-refractivity contribution in [3.05, 3.63) is 89.5 Å². The molecule has 0 saturated heterocycles.